The molecule has 0 aliphatic heterocycles. The van der Waals surface area contributed by atoms with Crippen molar-refractivity contribution in [2.24, 2.45) is 11.7 Å². The van der Waals surface area contributed by atoms with Crippen LogP contribution in [0.5, 0.6) is 0 Å². The van der Waals surface area contributed by atoms with E-state index in [1.807, 2.05) is 0 Å². The molecular weight excluding hydrogens is 350 g/mol. The lowest BCUT2D eigenvalue weighted by molar-refractivity contribution is -0.115. The van der Waals surface area contributed by atoms with Crippen molar-refractivity contribution in [3.05, 3.63) is 65.2 Å². The van der Waals surface area contributed by atoms with Gasteiger partial charge in [-0.05, 0) is 53.6 Å². The molecule has 4 N–H and O–H groups in total. The van der Waals surface area contributed by atoms with Crippen molar-refractivity contribution in [2.45, 2.75) is 46.1 Å². The second kappa shape index (κ2) is 10.0. The Morgan fingerprint density at radius 2 is 1.50 bits per heavy atom. The van der Waals surface area contributed by atoms with E-state index in [0.717, 1.165) is 6.42 Å². The fourth-order valence-corrected chi connectivity index (χ4v) is 3.13. The molecule has 0 fully saturated rings. The number of carbonyl (C=O) groups is 2. The summed E-state index contributed by atoms with van der Waals surface area (Å²) >= 11 is 0. The Balaban J connectivity index is 1.96. The summed E-state index contributed by atoms with van der Waals surface area (Å²) in [5.74, 6) is 0.274. The van der Waals surface area contributed by atoms with Gasteiger partial charge in [0.1, 0.15) is 0 Å². The van der Waals surface area contributed by atoms with Crippen molar-refractivity contribution in [1.29, 1.82) is 0 Å². The smallest absolute Gasteiger partial charge is 0.248 e. The second-order valence-electron chi connectivity index (χ2n) is 7.57. The molecule has 150 valence electrons. The summed E-state index contributed by atoms with van der Waals surface area (Å²) in [6.45, 7) is 8.90. The van der Waals surface area contributed by atoms with Gasteiger partial charge in [-0.3, -0.25) is 9.59 Å². The molecule has 0 saturated carbocycles. The van der Waals surface area contributed by atoms with E-state index >= 15 is 0 Å². The number of hydrogen-bond donors (Lipinski definition) is 3. The Bertz CT molecular complexity index is 782. The van der Waals surface area contributed by atoms with E-state index in [2.05, 4.69) is 62.6 Å². The van der Waals surface area contributed by atoms with Gasteiger partial charge >= 0.3 is 0 Å². The molecule has 5 heteroatoms. The summed E-state index contributed by atoms with van der Waals surface area (Å²) in [6, 6.07) is 15.3. The van der Waals surface area contributed by atoms with Gasteiger partial charge < -0.3 is 16.4 Å². The SMILES string of the molecule is CC[C@H](C)c1ccc([C@H](NCC(=O)Nc2ccc(C(N)=O)cc2)C(C)C)cc1. The van der Waals surface area contributed by atoms with E-state index in [4.69, 9.17) is 5.73 Å². The molecule has 0 radical (unpaired) electrons. The topological polar surface area (TPSA) is 84.2 Å². The fourth-order valence-electron chi connectivity index (χ4n) is 3.13. The van der Waals surface area contributed by atoms with Crippen LogP contribution in [0, 0.1) is 5.92 Å². The molecule has 28 heavy (non-hydrogen) atoms. The third-order valence-electron chi connectivity index (χ3n) is 5.08. The van der Waals surface area contributed by atoms with Gasteiger partial charge in [-0.1, -0.05) is 52.0 Å². The molecule has 2 atom stereocenters. The molecule has 0 aliphatic rings. The number of amides is 2. The number of benzene rings is 2. The first-order chi connectivity index (χ1) is 13.3. The van der Waals surface area contributed by atoms with Crippen LogP contribution in [-0.2, 0) is 4.79 Å². The van der Waals surface area contributed by atoms with E-state index < -0.39 is 5.91 Å². The third kappa shape index (κ3) is 5.92. The van der Waals surface area contributed by atoms with Gasteiger partial charge in [-0.25, -0.2) is 0 Å². The van der Waals surface area contributed by atoms with E-state index in [1.54, 1.807) is 24.3 Å². The van der Waals surface area contributed by atoms with Gasteiger partial charge in [0.05, 0.1) is 6.54 Å². The molecule has 0 aliphatic carbocycles. The average molecular weight is 382 g/mol. The summed E-state index contributed by atoms with van der Waals surface area (Å²) in [5.41, 5.74) is 8.80. The lowest BCUT2D eigenvalue weighted by Gasteiger charge is -2.23. The maximum Gasteiger partial charge on any atom is 0.248 e. The van der Waals surface area contributed by atoms with Gasteiger partial charge in [0, 0.05) is 17.3 Å². The Morgan fingerprint density at radius 3 is 2.00 bits per heavy atom. The van der Waals surface area contributed by atoms with Crippen molar-refractivity contribution in [3.8, 4) is 0 Å². The van der Waals surface area contributed by atoms with Crippen molar-refractivity contribution >= 4 is 17.5 Å². The number of hydrogen-bond acceptors (Lipinski definition) is 3. The van der Waals surface area contributed by atoms with Gasteiger partial charge in [0.15, 0.2) is 0 Å². The summed E-state index contributed by atoms with van der Waals surface area (Å²) in [5, 5.41) is 6.19. The molecule has 2 rings (SSSR count). The molecule has 0 bridgehead atoms. The molecule has 2 amide bonds. The van der Waals surface area contributed by atoms with E-state index in [0.29, 0.717) is 23.1 Å². The Hall–Kier alpha value is -2.66. The first-order valence-corrected chi connectivity index (χ1v) is 9.84. The highest BCUT2D eigenvalue weighted by molar-refractivity contribution is 5.95. The molecule has 0 saturated heterocycles. The van der Waals surface area contributed by atoms with Crippen LogP contribution >= 0.6 is 0 Å². The minimum atomic E-state index is -0.487. The maximum absolute atomic E-state index is 12.3. The van der Waals surface area contributed by atoms with E-state index in [-0.39, 0.29) is 18.5 Å². The van der Waals surface area contributed by atoms with E-state index in [9.17, 15) is 9.59 Å². The predicted octanol–water partition coefficient (Wildman–Crippen LogP) is 4.22. The maximum atomic E-state index is 12.3. The zero-order valence-corrected chi connectivity index (χ0v) is 17.2. The summed E-state index contributed by atoms with van der Waals surface area (Å²) in [4.78, 5) is 23.4. The monoisotopic (exact) mass is 381 g/mol. The molecule has 2 aromatic carbocycles. The number of rotatable bonds is 9. The normalized spacial score (nSPS) is 13.2. The molecule has 0 aromatic heterocycles. The Morgan fingerprint density at radius 1 is 0.929 bits per heavy atom. The number of primary amides is 1. The highest BCUT2D eigenvalue weighted by atomic mass is 16.2. The predicted molar refractivity (Wildman–Crippen MR) is 114 cm³/mol. The number of anilines is 1. The van der Waals surface area contributed by atoms with Gasteiger partial charge in [0.2, 0.25) is 11.8 Å². The summed E-state index contributed by atoms with van der Waals surface area (Å²) in [6.07, 6.45) is 1.12. The van der Waals surface area contributed by atoms with Crippen LogP contribution in [0.2, 0.25) is 0 Å². The Kier molecular flexibility index (Phi) is 7.76. The van der Waals surface area contributed by atoms with Crippen molar-refractivity contribution in [2.75, 3.05) is 11.9 Å². The van der Waals surface area contributed by atoms with Crippen molar-refractivity contribution in [1.82, 2.24) is 5.32 Å². The van der Waals surface area contributed by atoms with Crippen molar-refractivity contribution in [3.63, 3.8) is 0 Å². The lowest BCUT2D eigenvalue weighted by atomic mass is 9.92. The first kappa shape index (κ1) is 21.6. The molecule has 0 unspecified atom stereocenters. The van der Waals surface area contributed by atoms with Crippen LogP contribution in [0.3, 0.4) is 0 Å². The number of nitrogens with two attached hydrogens (primary N) is 1. The second-order valence-corrected chi connectivity index (χ2v) is 7.57. The van der Waals surface area contributed by atoms with Crippen LogP contribution in [0.1, 0.15) is 67.6 Å². The molecule has 0 spiro atoms. The lowest BCUT2D eigenvalue weighted by Crippen LogP contribution is -2.33. The van der Waals surface area contributed by atoms with Crippen LogP contribution < -0.4 is 16.4 Å². The fraction of sp³-hybridized carbons (Fsp3) is 0.391. The molecule has 2 aromatic rings. The van der Waals surface area contributed by atoms with Gasteiger partial charge in [-0.2, -0.15) is 0 Å². The molecule has 5 nitrogen and oxygen atoms in total. The van der Waals surface area contributed by atoms with Gasteiger partial charge in [0.25, 0.3) is 0 Å². The van der Waals surface area contributed by atoms with Crippen molar-refractivity contribution < 1.29 is 9.59 Å². The Labute approximate surface area is 167 Å². The van der Waals surface area contributed by atoms with Crippen LogP contribution in [0.25, 0.3) is 0 Å². The third-order valence-corrected chi connectivity index (χ3v) is 5.08. The highest BCUT2D eigenvalue weighted by Crippen LogP contribution is 2.25. The largest absolute Gasteiger partial charge is 0.366 e. The highest BCUT2D eigenvalue weighted by Gasteiger charge is 2.17. The number of carbonyl (C=O) groups excluding carboxylic acids is 2. The van der Waals surface area contributed by atoms with Gasteiger partial charge in [-0.15, -0.1) is 0 Å². The minimum Gasteiger partial charge on any atom is -0.366 e. The standard InChI is InChI=1S/C23H31N3O2/c1-5-16(4)17-6-8-18(9-7-17)22(15(2)3)25-14-21(27)26-20-12-10-19(11-13-20)23(24)28/h6-13,15-16,22,25H,5,14H2,1-4H3,(H2,24,28)(H,26,27)/t16-,22+/m0/s1. The molecule has 0 heterocycles. The summed E-state index contributed by atoms with van der Waals surface area (Å²) in [7, 11) is 0. The first-order valence-electron chi connectivity index (χ1n) is 9.84. The molecular formula is C23H31N3O2. The zero-order valence-electron chi connectivity index (χ0n) is 17.2. The van der Waals surface area contributed by atoms with E-state index in [1.165, 1.54) is 11.1 Å². The summed E-state index contributed by atoms with van der Waals surface area (Å²) < 4.78 is 0. The zero-order chi connectivity index (χ0) is 20.7. The average Bonchev–Trinajstić information content (AvgIpc) is 2.68. The van der Waals surface area contributed by atoms with Crippen LogP contribution in [-0.4, -0.2) is 18.4 Å². The van der Waals surface area contributed by atoms with Crippen LogP contribution in [0.4, 0.5) is 5.69 Å². The minimum absolute atomic E-state index is 0.0916. The quantitative estimate of drug-likeness (QED) is 0.608. The number of nitrogens with one attached hydrogen (secondary N) is 2. The van der Waals surface area contributed by atoms with Crippen LogP contribution in [0.15, 0.2) is 48.5 Å².